The maximum absolute atomic E-state index is 12.4. The molecule has 2 aromatic rings. The minimum atomic E-state index is -3.64. The van der Waals surface area contributed by atoms with E-state index in [1.165, 1.54) is 44.7 Å². The summed E-state index contributed by atoms with van der Waals surface area (Å²) in [4.78, 5) is 15.8. The molecule has 0 aliphatic carbocycles. The molecule has 1 heterocycles. The molecule has 25 heavy (non-hydrogen) atoms. The predicted octanol–water partition coefficient (Wildman–Crippen LogP) is 1.48. The van der Waals surface area contributed by atoms with Gasteiger partial charge >= 0.3 is 0 Å². The van der Waals surface area contributed by atoms with E-state index in [-0.39, 0.29) is 17.1 Å². The van der Waals surface area contributed by atoms with Crippen LogP contribution in [0.1, 0.15) is 6.42 Å². The van der Waals surface area contributed by atoms with Gasteiger partial charge in [-0.3, -0.25) is 4.79 Å². The van der Waals surface area contributed by atoms with E-state index < -0.39 is 15.7 Å². The lowest BCUT2D eigenvalue weighted by Gasteiger charge is -2.10. The van der Waals surface area contributed by atoms with Gasteiger partial charge in [-0.05, 0) is 24.3 Å². The molecule has 9 heteroatoms. The largest absolute Gasteiger partial charge is 0.493 e. The van der Waals surface area contributed by atoms with Crippen LogP contribution in [0.15, 0.2) is 41.4 Å². The topological polar surface area (TPSA) is 121 Å². The van der Waals surface area contributed by atoms with Gasteiger partial charge in [0.15, 0.2) is 21.3 Å². The molecule has 0 unspecified atom stereocenters. The maximum atomic E-state index is 12.4. The highest BCUT2D eigenvalue weighted by Crippen LogP contribution is 2.29. The number of hydrogen-bond acceptors (Lipinski definition) is 7. The Morgan fingerprint density at radius 3 is 2.48 bits per heavy atom. The normalized spacial score (nSPS) is 11.0. The summed E-state index contributed by atoms with van der Waals surface area (Å²) in [6.07, 6.45) is 1.21. The molecule has 8 nitrogen and oxygen atoms in total. The van der Waals surface area contributed by atoms with E-state index in [0.29, 0.717) is 23.0 Å². The third-order valence-electron chi connectivity index (χ3n) is 3.38. The van der Waals surface area contributed by atoms with Gasteiger partial charge in [0.1, 0.15) is 5.82 Å². The number of carbonyl (C=O) groups excluding carboxylic acids is 1. The van der Waals surface area contributed by atoms with Gasteiger partial charge in [0.25, 0.3) is 0 Å². The minimum Gasteiger partial charge on any atom is -0.493 e. The Bertz CT molecular complexity index is 851. The predicted molar refractivity (Wildman–Crippen MR) is 93.5 cm³/mol. The number of hydrogen-bond donors (Lipinski definition) is 2. The van der Waals surface area contributed by atoms with Crippen molar-refractivity contribution >= 4 is 27.2 Å². The lowest BCUT2D eigenvalue weighted by Crippen LogP contribution is -2.17. The number of pyridine rings is 1. The quantitative estimate of drug-likeness (QED) is 0.762. The zero-order chi connectivity index (χ0) is 18.4. The standard InChI is InChI=1S/C16H19N3O5S/c1-23-13-5-4-12(9-14(13)24-2)25(21,22)8-7-16(20)19-11-3-6-15(17)18-10-11/h3-6,9-10H,7-8H2,1-2H3,(H2,17,18)(H,19,20). The van der Waals surface area contributed by atoms with Crippen LogP contribution in [-0.2, 0) is 14.6 Å². The van der Waals surface area contributed by atoms with E-state index in [4.69, 9.17) is 15.2 Å². The van der Waals surface area contributed by atoms with E-state index in [1.54, 1.807) is 6.07 Å². The van der Waals surface area contributed by atoms with Crippen LogP contribution in [0.25, 0.3) is 0 Å². The number of rotatable bonds is 7. The molecule has 0 saturated heterocycles. The first-order chi connectivity index (χ1) is 11.9. The highest BCUT2D eigenvalue weighted by atomic mass is 32.2. The van der Waals surface area contributed by atoms with Gasteiger partial charge in [-0.25, -0.2) is 13.4 Å². The van der Waals surface area contributed by atoms with Gasteiger partial charge in [-0.2, -0.15) is 0 Å². The molecular weight excluding hydrogens is 346 g/mol. The molecule has 0 fully saturated rings. The highest BCUT2D eigenvalue weighted by Gasteiger charge is 2.19. The third-order valence-corrected chi connectivity index (χ3v) is 5.10. The fraction of sp³-hybridized carbons (Fsp3) is 0.250. The Balaban J connectivity index is 2.03. The molecule has 1 aromatic carbocycles. The Hall–Kier alpha value is -2.81. The number of anilines is 2. The fourth-order valence-corrected chi connectivity index (χ4v) is 3.31. The Kier molecular flexibility index (Phi) is 5.81. The van der Waals surface area contributed by atoms with Crippen LogP contribution in [0, 0.1) is 0 Å². The number of nitrogens with one attached hydrogen (secondary N) is 1. The first-order valence-corrected chi connectivity index (χ1v) is 8.97. The van der Waals surface area contributed by atoms with Gasteiger partial charge in [0.05, 0.1) is 36.8 Å². The molecular formula is C16H19N3O5S. The minimum absolute atomic E-state index is 0.0621. The summed E-state index contributed by atoms with van der Waals surface area (Å²) in [6, 6.07) is 7.42. The summed E-state index contributed by atoms with van der Waals surface area (Å²) in [5.74, 6) is 0.289. The first-order valence-electron chi connectivity index (χ1n) is 7.32. The SMILES string of the molecule is COc1ccc(S(=O)(=O)CCC(=O)Nc2ccc(N)nc2)cc1OC. The first kappa shape index (κ1) is 18.5. The number of aromatic nitrogens is 1. The molecule has 0 saturated carbocycles. The Morgan fingerprint density at radius 2 is 1.88 bits per heavy atom. The van der Waals surface area contributed by atoms with E-state index in [2.05, 4.69) is 10.3 Å². The zero-order valence-corrected chi connectivity index (χ0v) is 14.7. The van der Waals surface area contributed by atoms with E-state index in [9.17, 15) is 13.2 Å². The molecule has 3 N–H and O–H groups in total. The lowest BCUT2D eigenvalue weighted by molar-refractivity contribution is -0.115. The summed E-state index contributed by atoms with van der Waals surface area (Å²) in [5.41, 5.74) is 5.91. The van der Waals surface area contributed by atoms with Gasteiger partial charge in [0.2, 0.25) is 5.91 Å². The van der Waals surface area contributed by atoms with Crippen LogP contribution in [-0.4, -0.2) is 39.3 Å². The Labute approximate surface area is 145 Å². The third kappa shape index (κ3) is 4.83. The number of nitrogen functional groups attached to an aromatic ring is 1. The molecule has 2 rings (SSSR count). The summed E-state index contributed by atoms with van der Waals surface area (Å²) >= 11 is 0. The molecule has 0 spiro atoms. The van der Waals surface area contributed by atoms with E-state index >= 15 is 0 Å². The van der Waals surface area contributed by atoms with Crippen LogP contribution >= 0.6 is 0 Å². The van der Waals surface area contributed by atoms with Crippen molar-refractivity contribution in [2.24, 2.45) is 0 Å². The number of methoxy groups -OCH3 is 2. The van der Waals surface area contributed by atoms with Crippen molar-refractivity contribution in [3.8, 4) is 11.5 Å². The average Bonchev–Trinajstić information content (AvgIpc) is 2.61. The van der Waals surface area contributed by atoms with Crippen molar-refractivity contribution in [3.63, 3.8) is 0 Å². The van der Waals surface area contributed by atoms with Crippen LogP contribution in [0.2, 0.25) is 0 Å². The number of nitrogens with two attached hydrogens (primary N) is 1. The summed E-state index contributed by atoms with van der Waals surface area (Å²) in [6.45, 7) is 0. The van der Waals surface area contributed by atoms with Crippen molar-refractivity contribution < 1.29 is 22.7 Å². The molecule has 0 atom stereocenters. The maximum Gasteiger partial charge on any atom is 0.225 e. The molecule has 0 aliphatic heterocycles. The number of benzene rings is 1. The average molecular weight is 365 g/mol. The molecule has 1 aromatic heterocycles. The van der Waals surface area contributed by atoms with Crippen molar-refractivity contribution in [1.82, 2.24) is 4.98 Å². The van der Waals surface area contributed by atoms with Crippen LogP contribution < -0.4 is 20.5 Å². The number of ether oxygens (including phenoxy) is 2. The summed E-state index contributed by atoms with van der Waals surface area (Å²) < 4.78 is 35.0. The van der Waals surface area contributed by atoms with Crippen molar-refractivity contribution in [3.05, 3.63) is 36.5 Å². The van der Waals surface area contributed by atoms with E-state index in [1.807, 2.05) is 0 Å². The van der Waals surface area contributed by atoms with Crippen molar-refractivity contribution in [2.45, 2.75) is 11.3 Å². The molecule has 0 bridgehead atoms. The molecule has 1 amide bonds. The second-order valence-corrected chi connectivity index (χ2v) is 7.21. The van der Waals surface area contributed by atoms with E-state index in [0.717, 1.165) is 0 Å². The summed E-state index contributed by atoms with van der Waals surface area (Å²) in [5, 5.41) is 2.57. The van der Waals surface area contributed by atoms with Gasteiger partial charge < -0.3 is 20.5 Å². The van der Waals surface area contributed by atoms with Crippen molar-refractivity contribution in [2.75, 3.05) is 31.0 Å². The van der Waals surface area contributed by atoms with Crippen LogP contribution in [0.3, 0.4) is 0 Å². The van der Waals surface area contributed by atoms with Crippen molar-refractivity contribution in [1.29, 1.82) is 0 Å². The zero-order valence-electron chi connectivity index (χ0n) is 13.9. The molecule has 0 radical (unpaired) electrons. The van der Waals surface area contributed by atoms with Gasteiger partial charge in [-0.1, -0.05) is 0 Å². The number of sulfone groups is 1. The Morgan fingerprint density at radius 1 is 1.16 bits per heavy atom. The molecule has 134 valence electrons. The second-order valence-electron chi connectivity index (χ2n) is 5.11. The van der Waals surface area contributed by atoms with Crippen LogP contribution in [0.5, 0.6) is 11.5 Å². The monoisotopic (exact) mass is 365 g/mol. The van der Waals surface area contributed by atoms with Crippen LogP contribution in [0.4, 0.5) is 11.5 Å². The van der Waals surface area contributed by atoms with Gasteiger partial charge in [0, 0.05) is 12.5 Å². The fourth-order valence-electron chi connectivity index (χ4n) is 2.06. The second kappa shape index (κ2) is 7.84. The number of nitrogens with zero attached hydrogens (tertiary/aromatic N) is 1. The number of amides is 1. The smallest absolute Gasteiger partial charge is 0.225 e. The summed E-state index contributed by atoms with van der Waals surface area (Å²) in [7, 11) is -0.764. The highest BCUT2D eigenvalue weighted by molar-refractivity contribution is 7.91. The van der Waals surface area contributed by atoms with Gasteiger partial charge in [-0.15, -0.1) is 0 Å². The molecule has 0 aliphatic rings. The number of carbonyl (C=O) groups is 1. The lowest BCUT2D eigenvalue weighted by atomic mass is 10.3.